The summed E-state index contributed by atoms with van der Waals surface area (Å²) in [5, 5.41) is 0. The zero-order valence-corrected chi connectivity index (χ0v) is 9.23. The molecule has 1 saturated carbocycles. The van der Waals surface area contributed by atoms with Crippen molar-refractivity contribution in [1.29, 1.82) is 0 Å². The average molecular weight is 218 g/mol. The van der Waals surface area contributed by atoms with Crippen LogP contribution >= 0.6 is 0 Å². The van der Waals surface area contributed by atoms with Gasteiger partial charge in [-0.05, 0) is 5.56 Å². The zero-order valence-electron chi connectivity index (χ0n) is 9.23. The number of rotatable bonds is 2. The Bertz CT molecular complexity index is 428. The zero-order chi connectivity index (χ0) is 11.2. The first-order valence-electron chi connectivity index (χ1n) is 5.53. The number of benzene rings is 1. The largest absolute Gasteiger partial charge is 0.465 e. The molecule has 1 aliphatic carbocycles. The van der Waals surface area contributed by atoms with Crippen molar-refractivity contribution >= 4 is 5.97 Å². The van der Waals surface area contributed by atoms with Crippen LogP contribution in [0.4, 0.5) is 0 Å². The van der Waals surface area contributed by atoms with Gasteiger partial charge in [-0.15, -0.1) is 0 Å². The van der Waals surface area contributed by atoms with E-state index in [9.17, 15) is 4.79 Å². The Hall–Kier alpha value is -1.35. The summed E-state index contributed by atoms with van der Waals surface area (Å²) in [6.45, 7) is 0.525. The first-order chi connectivity index (χ1) is 7.75. The van der Waals surface area contributed by atoms with Gasteiger partial charge in [-0.1, -0.05) is 30.3 Å². The Morgan fingerprint density at radius 2 is 2.06 bits per heavy atom. The molecule has 2 unspecified atom stereocenters. The molecular weight excluding hydrogens is 204 g/mol. The Morgan fingerprint density at radius 3 is 2.62 bits per heavy atom. The number of cyclic esters (lactones) is 1. The monoisotopic (exact) mass is 218 g/mol. The molecule has 2 aliphatic rings. The van der Waals surface area contributed by atoms with Crippen LogP contribution in [0, 0.1) is 5.41 Å². The molecule has 84 valence electrons. The predicted octanol–water partition coefficient (Wildman–Crippen LogP) is 1.87. The third-order valence-corrected chi connectivity index (χ3v) is 3.94. The fourth-order valence-electron chi connectivity index (χ4n) is 2.94. The molecule has 3 rings (SSSR count). The molecule has 0 radical (unpaired) electrons. The van der Waals surface area contributed by atoms with Crippen LogP contribution in [-0.4, -0.2) is 19.7 Å². The fraction of sp³-hybridized carbons (Fsp3) is 0.462. The molecule has 2 atom stereocenters. The maximum atomic E-state index is 11.8. The molecular formula is C13H14O3. The molecule has 0 bridgehead atoms. The third-order valence-electron chi connectivity index (χ3n) is 3.94. The summed E-state index contributed by atoms with van der Waals surface area (Å²) in [6, 6.07) is 9.95. The summed E-state index contributed by atoms with van der Waals surface area (Å²) in [4.78, 5) is 11.8. The summed E-state index contributed by atoms with van der Waals surface area (Å²) >= 11 is 0. The number of hydrogen-bond donors (Lipinski definition) is 0. The van der Waals surface area contributed by atoms with Crippen LogP contribution in [0.5, 0.6) is 0 Å². The van der Waals surface area contributed by atoms with Gasteiger partial charge in [0.25, 0.3) is 0 Å². The minimum Gasteiger partial charge on any atom is -0.465 e. The van der Waals surface area contributed by atoms with Crippen LogP contribution in [-0.2, 0) is 19.9 Å². The first kappa shape index (κ1) is 9.85. The highest BCUT2D eigenvalue weighted by molar-refractivity contribution is 5.85. The lowest BCUT2D eigenvalue weighted by Crippen LogP contribution is -2.24. The quantitative estimate of drug-likeness (QED) is 0.711. The second-order valence-electron chi connectivity index (χ2n) is 4.54. The van der Waals surface area contributed by atoms with E-state index in [1.54, 1.807) is 7.11 Å². The van der Waals surface area contributed by atoms with Crippen molar-refractivity contribution in [3.63, 3.8) is 0 Å². The minimum atomic E-state index is -0.443. The summed E-state index contributed by atoms with van der Waals surface area (Å²) < 4.78 is 10.7. The summed E-state index contributed by atoms with van der Waals surface area (Å²) in [5.74, 6) is -0.0989. The molecule has 1 saturated heterocycles. The maximum absolute atomic E-state index is 11.8. The second-order valence-corrected chi connectivity index (χ2v) is 4.54. The molecule has 3 heteroatoms. The molecule has 16 heavy (non-hydrogen) atoms. The number of carbonyl (C=O) groups is 1. The van der Waals surface area contributed by atoms with Crippen molar-refractivity contribution in [2.75, 3.05) is 13.7 Å². The van der Waals surface area contributed by atoms with E-state index in [2.05, 4.69) is 0 Å². The van der Waals surface area contributed by atoms with Crippen molar-refractivity contribution in [1.82, 2.24) is 0 Å². The van der Waals surface area contributed by atoms with Crippen LogP contribution in [0.15, 0.2) is 30.3 Å². The first-order valence-corrected chi connectivity index (χ1v) is 5.53. The van der Waals surface area contributed by atoms with E-state index in [-0.39, 0.29) is 5.97 Å². The molecule has 1 heterocycles. The fourth-order valence-corrected chi connectivity index (χ4v) is 2.94. The van der Waals surface area contributed by atoms with E-state index in [0.717, 1.165) is 18.4 Å². The van der Waals surface area contributed by atoms with Gasteiger partial charge in [-0.25, -0.2) is 0 Å². The van der Waals surface area contributed by atoms with Crippen LogP contribution < -0.4 is 0 Å². The average Bonchev–Trinajstić information content (AvgIpc) is 2.87. The predicted molar refractivity (Wildman–Crippen MR) is 57.8 cm³/mol. The number of hydrogen-bond acceptors (Lipinski definition) is 3. The van der Waals surface area contributed by atoms with Crippen molar-refractivity contribution in [2.24, 2.45) is 5.41 Å². The summed E-state index contributed by atoms with van der Waals surface area (Å²) in [6.07, 6.45) is 1.52. The van der Waals surface area contributed by atoms with Crippen LogP contribution in [0.2, 0.25) is 0 Å². The van der Waals surface area contributed by atoms with Crippen LogP contribution in [0.3, 0.4) is 0 Å². The van der Waals surface area contributed by atoms with Gasteiger partial charge in [0.05, 0.1) is 6.61 Å². The molecule has 1 aliphatic heterocycles. The molecule has 3 nitrogen and oxygen atoms in total. The summed E-state index contributed by atoms with van der Waals surface area (Å²) in [7, 11) is 1.67. The van der Waals surface area contributed by atoms with E-state index >= 15 is 0 Å². The highest BCUT2D eigenvalue weighted by atomic mass is 16.6. The SMILES string of the molecule is COC1(c2ccccc2)CC12CCOC2=O. The van der Waals surface area contributed by atoms with Gasteiger partial charge in [0.1, 0.15) is 11.0 Å². The third kappa shape index (κ3) is 0.990. The van der Waals surface area contributed by atoms with Gasteiger partial charge in [0.15, 0.2) is 0 Å². The molecule has 0 amide bonds. The number of methoxy groups -OCH3 is 1. The lowest BCUT2D eigenvalue weighted by atomic mass is 9.94. The molecule has 1 aromatic carbocycles. The van der Waals surface area contributed by atoms with Gasteiger partial charge < -0.3 is 9.47 Å². The van der Waals surface area contributed by atoms with Crippen molar-refractivity contribution in [2.45, 2.75) is 18.4 Å². The molecule has 0 aromatic heterocycles. The van der Waals surface area contributed by atoms with Crippen molar-refractivity contribution < 1.29 is 14.3 Å². The summed E-state index contributed by atoms with van der Waals surface area (Å²) in [5.41, 5.74) is 0.224. The van der Waals surface area contributed by atoms with Gasteiger partial charge >= 0.3 is 5.97 Å². The molecule has 2 fully saturated rings. The van der Waals surface area contributed by atoms with Crippen molar-refractivity contribution in [3.05, 3.63) is 35.9 Å². The van der Waals surface area contributed by atoms with Crippen molar-refractivity contribution in [3.8, 4) is 0 Å². The Kier molecular flexibility index (Phi) is 1.89. The topological polar surface area (TPSA) is 35.5 Å². The normalized spacial score (nSPS) is 36.4. The minimum absolute atomic E-state index is 0.0989. The Morgan fingerprint density at radius 1 is 1.31 bits per heavy atom. The van der Waals surface area contributed by atoms with Gasteiger partial charge in [-0.2, -0.15) is 0 Å². The van der Waals surface area contributed by atoms with Gasteiger partial charge in [0, 0.05) is 20.0 Å². The molecule has 0 N–H and O–H groups in total. The van der Waals surface area contributed by atoms with Crippen LogP contribution in [0.1, 0.15) is 18.4 Å². The van der Waals surface area contributed by atoms with E-state index in [1.807, 2.05) is 30.3 Å². The van der Waals surface area contributed by atoms with E-state index < -0.39 is 11.0 Å². The highest BCUT2D eigenvalue weighted by Crippen LogP contribution is 2.69. The number of ether oxygens (including phenoxy) is 2. The van der Waals surface area contributed by atoms with E-state index in [1.165, 1.54) is 0 Å². The Labute approximate surface area is 94.4 Å². The standard InChI is InChI=1S/C13H14O3/c1-15-13(10-5-3-2-4-6-10)9-12(13)7-8-16-11(12)14/h2-6H,7-9H2,1H3. The number of carbonyl (C=O) groups excluding carboxylic acids is 1. The van der Waals surface area contributed by atoms with E-state index in [4.69, 9.17) is 9.47 Å². The smallest absolute Gasteiger partial charge is 0.315 e. The molecule has 1 spiro atoms. The van der Waals surface area contributed by atoms with Crippen LogP contribution in [0.25, 0.3) is 0 Å². The number of esters is 1. The maximum Gasteiger partial charge on any atom is 0.315 e. The van der Waals surface area contributed by atoms with E-state index in [0.29, 0.717) is 6.61 Å². The molecule has 1 aromatic rings. The lowest BCUT2D eigenvalue weighted by molar-refractivity contribution is -0.145. The second kappa shape index (κ2) is 3.08. The van der Waals surface area contributed by atoms with Gasteiger partial charge in [0.2, 0.25) is 0 Å². The Balaban J connectivity index is 2.02. The van der Waals surface area contributed by atoms with Gasteiger partial charge in [-0.3, -0.25) is 4.79 Å². The lowest BCUT2D eigenvalue weighted by Gasteiger charge is -2.19. The highest BCUT2D eigenvalue weighted by Gasteiger charge is 2.76.